The largest absolute Gasteiger partial charge is 0.480 e. The minimum Gasteiger partial charge on any atom is -0.480 e. The summed E-state index contributed by atoms with van der Waals surface area (Å²) < 4.78 is 0. The molecule has 0 radical (unpaired) electrons. The average molecular weight is 967 g/mol. The molecule has 2 fully saturated rings. The summed E-state index contributed by atoms with van der Waals surface area (Å²) in [6, 6.07) is 2.65. The lowest BCUT2D eigenvalue weighted by Crippen LogP contribution is -2.60. The highest BCUT2D eigenvalue weighted by Gasteiger charge is 2.46. The first-order valence-electron chi connectivity index (χ1n) is 26.8. The van der Waals surface area contributed by atoms with Crippen molar-refractivity contribution in [2.75, 3.05) is 19.6 Å². The SMILES string of the molecule is CCCCCCCCCCCCCCCC(=O)N[C@H]1CC(C)N([C@H](C(=O)N[C@@H](CCCCN)C(=O)N[C@@H](CCCCN)C(=O)N2CCC[C@H]2C(=O)N[C@@H](Cc2ccccc2)C(=O)O)[C@@H](C)CC)C1=O. The molecule has 0 saturated carbocycles. The Bertz CT molecular complexity index is 1720. The second kappa shape index (κ2) is 33.1. The van der Waals surface area contributed by atoms with Crippen molar-refractivity contribution in [3.63, 3.8) is 0 Å². The first kappa shape index (κ1) is 58.7. The van der Waals surface area contributed by atoms with Crippen LogP contribution in [0.4, 0.5) is 0 Å². The predicted octanol–water partition coefficient (Wildman–Crippen LogP) is 6.02. The Kier molecular flexibility index (Phi) is 28.2. The number of benzene rings is 1. The molecular formula is C53H90N8O8. The Morgan fingerprint density at radius 1 is 0.725 bits per heavy atom. The van der Waals surface area contributed by atoms with Gasteiger partial charge in [0.05, 0.1) is 0 Å². The third-order valence-electron chi connectivity index (χ3n) is 14.1. The maximum atomic E-state index is 14.5. The number of carbonyl (C=O) groups is 7. The summed E-state index contributed by atoms with van der Waals surface area (Å²) in [6.45, 7) is 8.93. The van der Waals surface area contributed by atoms with E-state index in [1.54, 1.807) is 29.2 Å². The number of carboxylic acids is 1. The van der Waals surface area contributed by atoms with E-state index >= 15 is 0 Å². The van der Waals surface area contributed by atoms with E-state index < -0.39 is 65.8 Å². The summed E-state index contributed by atoms with van der Waals surface area (Å²) in [5, 5.41) is 21.4. The second-order valence-corrected chi connectivity index (χ2v) is 19.7. The highest BCUT2D eigenvalue weighted by atomic mass is 16.4. The summed E-state index contributed by atoms with van der Waals surface area (Å²) in [6.07, 6.45) is 20.5. The Morgan fingerprint density at radius 3 is 1.86 bits per heavy atom. The predicted molar refractivity (Wildman–Crippen MR) is 271 cm³/mol. The molecule has 2 saturated heterocycles. The van der Waals surface area contributed by atoms with Crippen molar-refractivity contribution in [2.24, 2.45) is 17.4 Å². The fraction of sp³-hybridized carbons (Fsp3) is 0.755. The lowest BCUT2D eigenvalue weighted by Gasteiger charge is -2.35. The number of hydrogen-bond donors (Lipinski definition) is 7. The minimum atomic E-state index is -1.21. The van der Waals surface area contributed by atoms with Crippen LogP contribution in [0, 0.1) is 5.92 Å². The molecule has 390 valence electrons. The van der Waals surface area contributed by atoms with Gasteiger partial charge in [0.2, 0.25) is 35.4 Å². The van der Waals surface area contributed by atoms with E-state index in [-0.39, 0.29) is 49.6 Å². The lowest BCUT2D eigenvalue weighted by molar-refractivity contribution is -0.145. The number of nitrogens with zero attached hydrogens (tertiary/aromatic N) is 2. The van der Waals surface area contributed by atoms with Gasteiger partial charge in [0.1, 0.15) is 36.3 Å². The van der Waals surface area contributed by atoms with E-state index in [1.165, 1.54) is 69.1 Å². The van der Waals surface area contributed by atoms with Gasteiger partial charge in [-0.25, -0.2) is 4.79 Å². The van der Waals surface area contributed by atoms with Crippen LogP contribution in [0.15, 0.2) is 30.3 Å². The third-order valence-corrected chi connectivity index (χ3v) is 14.1. The molecule has 1 unspecified atom stereocenters. The smallest absolute Gasteiger partial charge is 0.326 e. The van der Waals surface area contributed by atoms with Crippen molar-refractivity contribution >= 4 is 41.4 Å². The van der Waals surface area contributed by atoms with E-state index in [2.05, 4.69) is 28.2 Å². The molecule has 3 rings (SSSR count). The van der Waals surface area contributed by atoms with Crippen LogP contribution in [0.2, 0.25) is 0 Å². The van der Waals surface area contributed by atoms with Crippen LogP contribution in [0.25, 0.3) is 0 Å². The van der Waals surface area contributed by atoms with E-state index in [4.69, 9.17) is 11.5 Å². The van der Waals surface area contributed by atoms with Crippen LogP contribution in [0.1, 0.15) is 187 Å². The van der Waals surface area contributed by atoms with Crippen LogP contribution in [0.3, 0.4) is 0 Å². The summed E-state index contributed by atoms with van der Waals surface area (Å²) in [4.78, 5) is 99.2. The molecule has 6 amide bonds. The number of carboxylic acid groups (broad SMARTS) is 1. The molecule has 0 spiro atoms. The van der Waals surface area contributed by atoms with Crippen molar-refractivity contribution < 1.29 is 38.7 Å². The van der Waals surface area contributed by atoms with Crippen LogP contribution in [-0.2, 0) is 40.0 Å². The van der Waals surface area contributed by atoms with Gasteiger partial charge in [-0.1, -0.05) is 135 Å². The standard InChI is InChI=1S/C53H90N8O8/c1-5-7-8-9-10-11-12-13-14-15-16-17-21-32-46(62)56-43-36-39(4)61(52(43)67)47(38(3)6-2)50(65)57-41(29-22-24-33-54)48(63)58-42(30-23-25-34-55)51(66)60-35-26-31-45(60)49(64)59-44(53(68)69)37-40-27-19-18-20-28-40/h18-20,27-28,38-39,41-45,47H,5-17,21-26,29-37,54-55H2,1-4H3,(H,56,62)(H,57,65)(H,58,63)(H,59,64)(H,68,69)/t38-,39?,41-,42-,43-,44-,45-,47-/m0/s1. The van der Waals surface area contributed by atoms with E-state index in [1.807, 2.05) is 26.8 Å². The molecule has 69 heavy (non-hydrogen) atoms. The van der Waals surface area contributed by atoms with Gasteiger partial charge >= 0.3 is 5.97 Å². The van der Waals surface area contributed by atoms with Gasteiger partial charge in [0.25, 0.3) is 0 Å². The number of nitrogens with two attached hydrogens (primary N) is 2. The van der Waals surface area contributed by atoms with Crippen molar-refractivity contribution in [3.05, 3.63) is 35.9 Å². The number of likely N-dealkylation sites (tertiary alicyclic amines) is 2. The molecule has 0 bridgehead atoms. The van der Waals surface area contributed by atoms with Crippen molar-refractivity contribution in [3.8, 4) is 0 Å². The zero-order valence-corrected chi connectivity index (χ0v) is 42.7. The fourth-order valence-electron chi connectivity index (χ4n) is 9.80. The molecule has 9 N–H and O–H groups in total. The number of carbonyl (C=O) groups excluding carboxylic acids is 6. The molecule has 8 atom stereocenters. The summed E-state index contributed by atoms with van der Waals surface area (Å²) in [5.74, 6) is -4.12. The number of amides is 6. The normalized spacial score (nSPS) is 19.1. The van der Waals surface area contributed by atoms with Crippen molar-refractivity contribution in [1.29, 1.82) is 0 Å². The zero-order valence-electron chi connectivity index (χ0n) is 42.7. The number of rotatable bonds is 36. The minimum absolute atomic E-state index is 0.0665. The molecule has 2 heterocycles. The van der Waals surface area contributed by atoms with Gasteiger partial charge in [-0.2, -0.15) is 0 Å². The maximum Gasteiger partial charge on any atom is 0.326 e. The van der Waals surface area contributed by atoms with Gasteiger partial charge in [0.15, 0.2) is 0 Å². The average Bonchev–Trinajstić information content (AvgIpc) is 3.93. The molecular weight excluding hydrogens is 877 g/mol. The second-order valence-electron chi connectivity index (χ2n) is 19.7. The van der Waals surface area contributed by atoms with Gasteiger partial charge in [0, 0.05) is 25.4 Å². The number of nitrogens with one attached hydrogen (secondary N) is 4. The first-order valence-corrected chi connectivity index (χ1v) is 26.8. The van der Waals surface area contributed by atoms with Crippen molar-refractivity contribution in [2.45, 2.75) is 231 Å². The molecule has 1 aromatic carbocycles. The van der Waals surface area contributed by atoms with Gasteiger partial charge in [-0.05, 0) is 95.7 Å². The summed E-state index contributed by atoms with van der Waals surface area (Å²) in [7, 11) is 0. The molecule has 2 aliphatic heterocycles. The monoisotopic (exact) mass is 967 g/mol. The lowest BCUT2D eigenvalue weighted by atomic mass is 9.95. The Balaban J connectivity index is 1.65. The van der Waals surface area contributed by atoms with Gasteiger partial charge < -0.3 is 47.6 Å². The van der Waals surface area contributed by atoms with E-state index in [0.29, 0.717) is 70.9 Å². The van der Waals surface area contributed by atoms with Crippen molar-refractivity contribution in [1.82, 2.24) is 31.1 Å². The Hall–Kier alpha value is -4.57. The summed E-state index contributed by atoms with van der Waals surface area (Å²) in [5.41, 5.74) is 12.4. The van der Waals surface area contributed by atoms with Crippen LogP contribution in [0.5, 0.6) is 0 Å². The fourth-order valence-corrected chi connectivity index (χ4v) is 9.80. The maximum absolute atomic E-state index is 14.5. The molecule has 0 aliphatic carbocycles. The highest BCUT2D eigenvalue weighted by Crippen LogP contribution is 2.28. The van der Waals surface area contributed by atoms with Crippen LogP contribution in [-0.4, -0.2) is 118 Å². The zero-order chi connectivity index (χ0) is 50.6. The molecule has 0 aromatic heterocycles. The Labute approximate surface area is 413 Å². The molecule has 1 aromatic rings. The number of aliphatic carboxylic acids is 1. The quantitative estimate of drug-likeness (QED) is 0.0386. The van der Waals surface area contributed by atoms with Crippen LogP contribution < -0.4 is 32.7 Å². The van der Waals surface area contributed by atoms with Gasteiger partial charge in [-0.15, -0.1) is 0 Å². The first-order chi connectivity index (χ1) is 33.3. The molecule has 16 nitrogen and oxygen atoms in total. The number of unbranched alkanes of at least 4 members (excludes halogenated alkanes) is 14. The van der Waals surface area contributed by atoms with E-state index in [9.17, 15) is 38.7 Å². The topological polar surface area (TPSA) is 246 Å². The number of hydrogen-bond acceptors (Lipinski definition) is 9. The molecule has 2 aliphatic rings. The van der Waals surface area contributed by atoms with Gasteiger partial charge in [-0.3, -0.25) is 28.8 Å². The van der Waals surface area contributed by atoms with E-state index in [0.717, 1.165) is 24.8 Å². The highest BCUT2D eigenvalue weighted by molar-refractivity contribution is 5.97. The van der Waals surface area contributed by atoms with Crippen LogP contribution >= 0.6 is 0 Å². The third kappa shape index (κ3) is 20.4. The Morgan fingerprint density at radius 2 is 1.29 bits per heavy atom. The molecule has 16 heteroatoms. The summed E-state index contributed by atoms with van der Waals surface area (Å²) >= 11 is 0.